The fourth-order valence-corrected chi connectivity index (χ4v) is 2520. The van der Waals surface area contributed by atoms with E-state index in [9.17, 15) is 0 Å². The molecule has 0 aromatic rings. The van der Waals surface area contributed by atoms with E-state index in [4.69, 9.17) is 0 Å². The van der Waals surface area contributed by atoms with Crippen molar-refractivity contribution in [3.63, 3.8) is 0 Å². The second kappa shape index (κ2) is 13.1. The summed E-state index contributed by atoms with van der Waals surface area (Å²) < 4.78 is 0. The molecule has 16 heteroatoms. The Morgan fingerprint density at radius 3 is 0.219 bits per heavy atom. The average molecular weight is 1150 g/mol. The van der Waals surface area contributed by atoms with Gasteiger partial charge in [-0.1, -0.05) is 271 Å². The van der Waals surface area contributed by atoms with Crippen LogP contribution in [-0.4, -0.2) is 110 Å². The van der Waals surface area contributed by atoms with Gasteiger partial charge in [-0.3, -0.25) is 0 Å². The van der Waals surface area contributed by atoms with Gasteiger partial charge in [-0.2, -0.15) is 0 Å². The number of hydrogen-bond acceptors (Lipinski definition) is 0. The van der Waals surface area contributed by atoms with Crippen LogP contribution in [0.25, 0.3) is 0 Å². The van der Waals surface area contributed by atoms with E-state index >= 15 is 0 Å². The molecule has 0 N–H and O–H groups in total. The quantitative estimate of drug-likeness (QED) is 0.213. The second-order valence-electron chi connectivity index (χ2n) is 37.0. The van der Waals surface area contributed by atoms with Gasteiger partial charge in [0.2, 0.25) is 0 Å². The Morgan fingerprint density at radius 1 is 0.141 bits per heavy atom. The minimum Gasteiger partial charge on any atom is -0.0715 e. The van der Waals surface area contributed by atoms with Crippen molar-refractivity contribution < 1.29 is 0 Å². The van der Waals surface area contributed by atoms with E-state index in [1.54, 1.807) is 0 Å². The van der Waals surface area contributed by atoms with Gasteiger partial charge >= 0.3 is 0 Å². The molecule has 64 heavy (non-hydrogen) atoms. The summed E-state index contributed by atoms with van der Waals surface area (Å²) in [6, 6.07) is 0. The van der Waals surface area contributed by atoms with Crippen LogP contribution in [0, 0.1) is 0 Å². The SMILES string of the molecule is CC(C)(C)[Si](C)(C)[Si]12[Si]3([Si](C)(C)C(C)(C)C)[Si]4([Si](C)(C)C(C)(C)C)[Si]1([Si](C)(C)C(C)(C)C)[Si]1([Si](C)(C)C(C)(C)C)[Si]2([Si](C)(C)C(C)(C)C)[Si]3([Si](C)(C)C(C)(C)C)[Si]41[Si](C)(C)C(C)(C)C. The smallest absolute Gasteiger partial charge is 0.0374 e. The van der Waals surface area contributed by atoms with Crippen molar-refractivity contribution in [1.29, 1.82) is 0 Å². The molecule has 0 saturated carbocycles. The van der Waals surface area contributed by atoms with Crippen molar-refractivity contribution in [3.05, 3.63) is 0 Å². The molecule has 0 atom stereocenters. The Bertz CT molecular complexity index is 1500. The first-order valence-corrected chi connectivity index (χ1v) is 87.0. The van der Waals surface area contributed by atoms with E-state index in [1.807, 2.05) is 0 Å². The highest BCUT2D eigenvalue weighted by atomic mass is 31.4. The van der Waals surface area contributed by atoms with Crippen LogP contribution >= 0.6 is 0 Å². The third-order valence-electron chi connectivity index (χ3n) is 29.2. The maximum Gasteiger partial charge on any atom is 0.0374 e. The maximum absolute atomic E-state index is 3.40. The molecule has 6 fully saturated rings. The fourth-order valence-electron chi connectivity index (χ4n) is 22.1. The van der Waals surface area contributed by atoms with Crippen molar-refractivity contribution in [1.82, 2.24) is 0 Å². The van der Waals surface area contributed by atoms with Crippen LogP contribution in [0.15, 0.2) is 0 Å². The highest BCUT2D eigenvalue weighted by molar-refractivity contribution is 9.12. The summed E-state index contributed by atoms with van der Waals surface area (Å²) in [5.41, 5.74) is 0. The van der Waals surface area contributed by atoms with Crippen LogP contribution in [0.1, 0.15) is 166 Å². The molecule has 0 bridgehead atoms. The van der Waals surface area contributed by atoms with E-state index in [1.165, 1.54) is 0 Å². The van der Waals surface area contributed by atoms with Crippen molar-refractivity contribution in [2.75, 3.05) is 0 Å². The van der Waals surface area contributed by atoms with E-state index in [2.05, 4.69) is 271 Å². The molecule has 0 amide bonds. The highest BCUT2D eigenvalue weighted by Gasteiger charge is 3.44. The molecular weight excluding hydrogens is 1030 g/mol. The van der Waals surface area contributed by atoms with E-state index in [-0.39, 0.29) is 0 Å². The summed E-state index contributed by atoms with van der Waals surface area (Å²) in [7, 11) is -14.9. The number of hydrogen-bond donors (Lipinski definition) is 0. The normalized spacial score (nSPS) is 37.9. The van der Waals surface area contributed by atoms with Gasteiger partial charge in [-0.05, 0) is 40.3 Å². The van der Waals surface area contributed by atoms with Crippen LogP contribution < -0.4 is 0 Å². The van der Waals surface area contributed by atoms with Crippen LogP contribution in [0.2, 0.25) is 145 Å². The Kier molecular flexibility index (Phi) is 11.9. The molecule has 0 radical (unpaired) electrons. The third kappa shape index (κ3) is 4.17. The first-order chi connectivity index (χ1) is 27.0. The van der Waals surface area contributed by atoms with Gasteiger partial charge in [0, 0.05) is 110 Å². The molecule has 6 heterocycles. The van der Waals surface area contributed by atoms with Gasteiger partial charge in [-0.25, -0.2) is 0 Å². The second-order valence-corrected chi connectivity index (χ2v) is 261. The number of rotatable bonds is 8. The minimum atomic E-state index is -1.87. The molecule has 0 spiro atoms. The van der Waals surface area contributed by atoms with Crippen LogP contribution in [0.5, 0.6) is 0 Å². The molecule has 6 aliphatic rings. The van der Waals surface area contributed by atoms with E-state index in [0.717, 1.165) is 0 Å². The topological polar surface area (TPSA) is 0 Å². The Labute approximate surface area is 417 Å². The lowest BCUT2D eigenvalue weighted by Crippen LogP contribution is -3.77. The molecule has 376 valence electrons. The van der Waals surface area contributed by atoms with E-state index in [0.29, 0.717) is 40.3 Å². The molecular formula is C48H120Si16. The van der Waals surface area contributed by atoms with Gasteiger partial charge < -0.3 is 0 Å². The van der Waals surface area contributed by atoms with Crippen LogP contribution in [0.4, 0.5) is 0 Å². The molecule has 6 saturated heterocycles. The summed E-state index contributed by atoms with van der Waals surface area (Å²) in [5, 5.41) is 4.17. The fraction of sp³-hybridized carbons (Fsp3) is 1.00. The Morgan fingerprint density at radius 2 is 0.188 bits per heavy atom. The lowest BCUT2D eigenvalue weighted by Gasteiger charge is -3.40. The average Bonchev–Trinajstić information content (AvgIpc) is 2.97. The van der Waals surface area contributed by atoms with Gasteiger partial charge in [0.1, 0.15) is 0 Å². The minimum absolute atomic E-state index is 0.521. The van der Waals surface area contributed by atoms with Crippen molar-refractivity contribution >= 4 is 110 Å². The lowest BCUT2D eigenvalue weighted by atomic mass is 10.2. The zero-order valence-electron chi connectivity index (χ0n) is 52.0. The predicted octanol–water partition coefficient (Wildman–Crippen LogP) is 17.3. The highest BCUT2D eigenvalue weighted by Crippen LogP contribution is 3.10. The van der Waals surface area contributed by atoms with Crippen LogP contribution in [0.3, 0.4) is 0 Å². The zero-order valence-corrected chi connectivity index (χ0v) is 68.0. The maximum atomic E-state index is 3.40. The lowest BCUT2D eigenvalue weighted by molar-refractivity contribution is 0.724. The molecule has 0 unspecified atom stereocenters. The summed E-state index contributed by atoms with van der Waals surface area (Å²) >= 11 is 0. The summed E-state index contributed by atoms with van der Waals surface area (Å²) in [6.07, 6.45) is -14.7. The van der Waals surface area contributed by atoms with Gasteiger partial charge in [-0.15, -0.1) is 0 Å². The molecule has 6 aliphatic heterocycles. The van der Waals surface area contributed by atoms with Gasteiger partial charge in [0.05, 0.1) is 0 Å². The van der Waals surface area contributed by atoms with Crippen molar-refractivity contribution in [3.8, 4) is 0 Å². The van der Waals surface area contributed by atoms with Crippen molar-refractivity contribution in [2.45, 2.75) is 311 Å². The van der Waals surface area contributed by atoms with Gasteiger partial charge in [0.25, 0.3) is 0 Å². The Balaban J connectivity index is 2.63. The molecule has 6 rings (SSSR count). The summed E-state index contributed by atoms with van der Waals surface area (Å²) in [4.78, 5) is 0. The molecule has 0 aromatic heterocycles. The first-order valence-electron chi connectivity index (χ1n) is 27.0. The van der Waals surface area contributed by atoms with Crippen molar-refractivity contribution in [2.24, 2.45) is 0 Å². The third-order valence-corrected chi connectivity index (χ3v) is 812. The predicted molar refractivity (Wildman–Crippen MR) is 344 cm³/mol. The molecule has 0 aliphatic carbocycles. The summed E-state index contributed by atoms with van der Waals surface area (Å²) in [5.74, 6) is 0. The first kappa shape index (κ1) is 58.4. The monoisotopic (exact) mass is 1140 g/mol. The zero-order chi connectivity index (χ0) is 52.0. The standard InChI is InChI=1S/C48H120Si16/c1-41(2,3)49(25,26)57-58(50(27,28)42(4,5)6)61(53(33,34)45(13,14)15)59(57,51(29,30)43(7,8)9)63(55(37,38)47(19,20)21)60(57,52(31,32)44(10,11)12)62(58,54(35,36)46(16,17)18)64(61,63)56(39,40)48(22,23)24/h1-40H3. The van der Waals surface area contributed by atoms with E-state index < -0.39 is 110 Å². The summed E-state index contributed by atoms with van der Waals surface area (Å²) in [6.45, 7) is 127. The molecule has 0 nitrogen and oxygen atoms in total. The molecule has 0 aromatic carbocycles. The Hall–Kier alpha value is 3.47. The largest absolute Gasteiger partial charge is 0.0715 e. The van der Waals surface area contributed by atoms with Gasteiger partial charge in [0.15, 0.2) is 0 Å². The van der Waals surface area contributed by atoms with Crippen LogP contribution in [-0.2, 0) is 0 Å².